The number of nitrogens with zero attached hydrogens (tertiary/aromatic N) is 4. The molecule has 0 saturated carbocycles. The number of carbonyl (C=O) groups excluding carboxylic acids is 2. The maximum atomic E-state index is 12.4. The molecule has 31 heavy (non-hydrogen) atoms. The van der Waals surface area contributed by atoms with E-state index in [2.05, 4.69) is 5.32 Å². The van der Waals surface area contributed by atoms with Crippen molar-refractivity contribution in [3.05, 3.63) is 73.3 Å². The van der Waals surface area contributed by atoms with Crippen LogP contribution in [0, 0.1) is 20.2 Å². The molecular weight excluding hydrogens is 430 g/mol. The summed E-state index contributed by atoms with van der Waals surface area (Å²) in [6.45, 7) is 1.15. The van der Waals surface area contributed by atoms with Gasteiger partial charge in [0.1, 0.15) is 5.69 Å². The van der Waals surface area contributed by atoms with Gasteiger partial charge in [-0.05, 0) is 18.2 Å². The minimum atomic E-state index is -0.605. The molecule has 1 fully saturated rings. The van der Waals surface area contributed by atoms with Crippen LogP contribution in [-0.2, 0) is 4.79 Å². The number of halogens is 1. The van der Waals surface area contributed by atoms with Gasteiger partial charge in [0.2, 0.25) is 5.91 Å². The van der Waals surface area contributed by atoms with Crippen LogP contribution in [0.25, 0.3) is 0 Å². The summed E-state index contributed by atoms with van der Waals surface area (Å²) < 4.78 is 0. The molecule has 0 unspecified atom stereocenters. The summed E-state index contributed by atoms with van der Waals surface area (Å²) in [6, 6.07) is 9.67. The summed E-state index contributed by atoms with van der Waals surface area (Å²) >= 11 is 5.85. The third-order valence-corrected chi connectivity index (χ3v) is 5.06. The number of hydrogen-bond donors (Lipinski definition) is 1. The second kappa shape index (κ2) is 9.39. The Morgan fingerprint density at radius 1 is 1.00 bits per heavy atom. The smallest absolute Gasteiger partial charge is 0.294 e. The highest BCUT2D eigenvalue weighted by Gasteiger charge is 2.26. The molecule has 0 bridgehead atoms. The Bertz CT molecular complexity index is 1040. The van der Waals surface area contributed by atoms with Crippen molar-refractivity contribution in [1.82, 2.24) is 10.2 Å². The Hall–Kier alpha value is -3.73. The van der Waals surface area contributed by atoms with Crippen LogP contribution in [0.3, 0.4) is 0 Å². The number of non-ortho nitro benzene ring substituents is 1. The molecule has 1 N–H and O–H groups in total. The number of rotatable bonds is 6. The lowest BCUT2D eigenvalue weighted by Gasteiger charge is -2.35. The quantitative estimate of drug-likeness (QED) is 0.529. The molecule has 1 aliphatic heterocycles. The highest BCUT2D eigenvalue weighted by atomic mass is 35.5. The molecule has 0 aliphatic carbocycles. The zero-order valence-electron chi connectivity index (χ0n) is 16.2. The van der Waals surface area contributed by atoms with Crippen molar-refractivity contribution in [2.75, 3.05) is 37.6 Å². The lowest BCUT2D eigenvalue weighted by Crippen LogP contribution is -2.51. The SMILES string of the molecule is O=C(NCC(=O)N1CCN(c2ccc(Cl)cc2[N+](=O)[O-])CC1)c1cccc([N+](=O)[O-])c1. The minimum Gasteiger partial charge on any atom is -0.362 e. The van der Waals surface area contributed by atoms with Gasteiger partial charge in [-0.25, -0.2) is 0 Å². The highest BCUT2D eigenvalue weighted by molar-refractivity contribution is 6.30. The Labute approximate surface area is 181 Å². The van der Waals surface area contributed by atoms with E-state index in [0.717, 1.165) is 6.07 Å². The van der Waals surface area contributed by atoms with Crippen molar-refractivity contribution < 1.29 is 19.4 Å². The zero-order valence-corrected chi connectivity index (χ0v) is 16.9. The maximum Gasteiger partial charge on any atom is 0.294 e. The number of nitro benzene ring substituents is 2. The van der Waals surface area contributed by atoms with Crippen LogP contribution in [0.2, 0.25) is 5.02 Å². The fraction of sp³-hybridized carbons (Fsp3) is 0.263. The van der Waals surface area contributed by atoms with E-state index in [4.69, 9.17) is 11.6 Å². The van der Waals surface area contributed by atoms with Crippen LogP contribution >= 0.6 is 11.6 Å². The van der Waals surface area contributed by atoms with Crippen LogP contribution in [-0.4, -0.2) is 59.3 Å². The Kier molecular flexibility index (Phi) is 6.65. The minimum absolute atomic E-state index is 0.0851. The molecule has 1 saturated heterocycles. The van der Waals surface area contributed by atoms with Crippen molar-refractivity contribution in [1.29, 1.82) is 0 Å². The van der Waals surface area contributed by atoms with Gasteiger partial charge < -0.3 is 15.1 Å². The van der Waals surface area contributed by atoms with Crippen LogP contribution in [0.4, 0.5) is 17.1 Å². The van der Waals surface area contributed by atoms with E-state index in [-0.39, 0.29) is 34.4 Å². The molecule has 1 aliphatic rings. The maximum absolute atomic E-state index is 12.4. The van der Waals surface area contributed by atoms with E-state index >= 15 is 0 Å². The molecule has 11 nitrogen and oxygen atoms in total. The van der Waals surface area contributed by atoms with E-state index < -0.39 is 15.8 Å². The molecule has 0 spiro atoms. The van der Waals surface area contributed by atoms with Crippen molar-refractivity contribution in [3.8, 4) is 0 Å². The topological polar surface area (TPSA) is 139 Å². The van der Waals surface area contributed by atoms with Gasteiger partial charge in [0, 0.05) is 55.0 Å². The van der Waals surface area contributed by atoms with E-state index in [0.29, 0.717) is 31.9 Å². The summed E-state index contributed by atoms with van der Waals surface area (Å²) in [5, 5.41) is 24.8. The van der Waals surface area contributed by atoms with Crippen LogP contribution in [0.15, 0.2) is 42.5 Å². The summed E-state index contributed by atoms with van der Waals surface area (Å²) in [7, 11) is 0. The molecule has 162 valence electrons. The van der Waals surface area contributed by atoms with Gasteiger partial charge in [-0.1, -0.05) is 17.7 Å². The first-order valence-corrected chi connectivity index (χ1v) is 9.63. The number of carbonyl (C=O) groups is 2. The molecule has 2 amide bonds. The number of nitrogens with one attached hydrogen (secondary N) is 1. The van der Waals surface area contributed by atoms with Gasteiger partial charge >= 0.3 is 0 Å². The third kappa shape index (κ3) is 5.25. The normalized spacial score (nSPS) is 13.6. The molecule has 0 radical (unpaired) electrons. The lowest BCUT2D eigenvalue weighted by molar-refractivity contribution is -0.384. The summed E-state index contributed by atoms with van der Waals surface area (Å²) in [5.74, 6) is -0.906. The summed E-state index contributed by atoms with van der Waals surface area (Å²) in [4.78, 5) is 49.0. The molecule has 2 aromatic carbocycles. The summed E-state index contributed by atoms with van der Waals surface area (Å²) in [6.07, 6.45) is 0. The summed E-state index contributed by atoms with van der Waals surface area (Å²) in [5.41, 5.74) is 0.199. The average Bonchev–Trinajstić information content (AvgIpc) is 2.77. The number of piperazine rings is 1. The average molecular weight is 448 g/mol. The van der Waals surface area contributed by atoms with E-state index in [1.165, 1.54) is 24.3 Å². The molecule has 12 heteroatoms. The predicted molar refractivity (Wildman–Crippen MR) is 112 cm³/mol. The van der Waals surface area contributed by atoms with Crippen LogP contribution < -0.4 is 10.2 Å². The second-order valence-corrected chi connectivity index (χ2v) is 7.18. The Morgan fingerprint density at radius 3 is 2.35 bits per heavy atom. The van der Waals surface area contributed by atoms with Crippen LogP contribution in [0.5, 0.6) is 0 Å². The van der Waals surface area contributed by atoms with Gasteiger partial charge in [-0.15, -0.1) is 0 Å². The second-order valence-electron chi connectivity index (χ2n) is 6.75. The molecule has 3 rings (SSSR count). The first-order valence-electron chi connectivity index (χ1n) is 9.25. The van der Waals surface area contributed by atoms with E-state index in [1.807, 2.05) is 0 Å². The van der Waals surface area contributed by atoms with Crippen molar-refractivity contribution in [3.63, 3.8) is 0 Å². The van der Waals surface area contributed by atoms with Gasteiger partial charge in [0.05, 0.1) is 16.4 Å². The largest absolute Gasteiger partial charge is 0.362 e. The predicted octanol–water partition coefficient (Wildman–Crippen LogP) is 2.23. The zero-order chi connectivity index (χ0) is 22.5. The third-order valence-electron chi connectivity index (χ3n) is 4.83. The van der Waals surface area contributed by atoms with Gasteiger partial charge in [0.15, 0.2) is 0 Å². The monoisotopic (exact) mass is 447 g/mol. The number of amides is 2. The van der Waals surface area contributed by atoms with E-state index in [1.54, 1.807) is 21.9 Å². The number of nitro groups is 2. The van der Waals surface area contributed by atoms with Crippen molar-refractivity contribution in [2.24, 2.45) is 0 Å². The molecule has 0 aromatic heterocycles. The molecular formula is C19H18ClN5O6. The van der Waals surface area contributed by atoms with E-state index in [9.17, 15) is 29.8 Å². The Balaban J connectivity index is 1.55. The van der Waals surface area contributed by atoms with Gasteiger partial charge in [-0.2, -0.15) is 0 Å². The molecule has 2 aromatic rings. The first-order chi connectivity index (χ1) is 14.8. The number of anilines is 1. The standard InChI is InChI=1S/C19H18ClN5O6/c20-14-4-5-16(17(11-14)25(30)31)22-6-8-23(9-7-22)18(26)12-21-19(27)13-2-1-3-15(10-13)24(28)29/h1-5,10-11H,6-9,12H2,(H,21,27). The first kappa shape index (κ1) is 22.0. The fourth-order valence-electron chi connectivity index (χ4n) is 3.24. The van der Waals surface area contributed by atoms with Crippen molar-refractivity contribution >= 4 is 40.5 Å². The lowest BCUT2D eigenvalue weighted by atomic mass is 10.2. The fourth-order valence-corrected chi connectivity index (χ4v) is 3.40. The number of hydrogen-bond acceptors (Lipinski definition) is 7. The van der Waals surface area contributed by atoms with Crippen LogP contribution in [0.1, 0.15) is 10.4 Å². The Morgan fingerprint density at radius 2 is 1.71 bits per heavy atom. The molecule has 0 atom stereocenters. The number of benzene rings is 2. The van der Waals surface area contributed by atoms with Crippen molar-refractivity contribution in [2.45, 2.75) is 0 Å². The van der Waals surface area contributed by atoms with Gasteiger partial charge in [-0.3, -0.25) is 29.8 Å². The highest BCUT2D eigenvalue weighted by Crippen LogP contribution is 2.31. The van der Waals surface area contributed by atoms with Gasteiger partial charge in [0.25, 0.3) is 17.3 Å². The molecule has 1 heterocycles.